The highest BCUT2D eigenvalue weighted by Gasteiger charge is 2.41. The van der Waals surface area contributed by atoms with Crippen molar-refractivity contribution < 1.29 is 23.1 Å². The first kappa shape index (κ1) is 15.2. The maximum atomic E-state index is 12.1. The zero-order valence-electron chi connectivity index (χ0n) is 10.1. The van der Waals surface area contributed by atoms with Crippen molar-refractivity contribution in [2.45, 2.75) is 44.4 Å². The van der Waals surface area contributed by atoms with Gasteiger partial charge in [-0.2, -0.15) is 13.2 Å². The molecule has 0 aromatic heterocycles. The molecule has 0 radical (unpaired) electrons. The highest BCUT2D eigenvalue weighted by atomic mass is 19.4. The van der Waals surface area contributed by atoms with Crippen LogP contribution in [-0.2, 0) is 4.79 Å². The summed E-state index contributed by atoms with van der Waals surface area (Å²) in [5.74, 6) is -0.479. The minimum absolute atomic E-state index is 0.126. The van der Waals surface area contributed by atoms with Gasteiger partial charge in [-0.1, -0.05) is 19.3 Å². The normalized spacial score (nSPS) is 21.4. The van der Waals surface area contributed by atoms with Gasteiger partial charge in [-0.3, -0.25) is 4.79 Å². The average molecular weight is 268 g/mol. The Morgan fingerprint density at radius 1 is 1.33 bits per heavy atom. The van der Waals surface area contributed by atoms with E-state index < -0.39 is 30.1 Å². The molecule has 0 saturated heterocycles. The van der Waals surface area contributed by atoms with E-state index in [-0.39, 0.29) is 6.54 Å². The summed E-state index contributed by atoms with van der Waals surface area (Å²) < 4.78 is 36.3. The molecule has 1 saturated carbocycles. The van der Waals surface area contributed by atoms with Gasteiger partial charge in [0, 0.05) is 6.54 Å². The molecule has 0 heterocycles. The van der Waals surface area contributed by atoms with E-state index in [1.807, 2.05) is 0 Å². The fourth-order valence-electron chi connectivity index (χ4n) is 2.25. The molecular weight excluding hydrogens is 249 g/mol. The van der Waals surface area contributed by atoms with E-state index in [9.17, 15) is 18.0 Å². The molecule has 4 N–H and O–H groups in total. The summed E-state index contributed by atoms with van der Waals surface area (Å²) in [6.45, 7) is -0.689. The Bertz CT molecular complexity index is 289. The second-order valence-electron chi connectivity index (χ2n) is 4.81. The number of hydrogen-bond acceptors (Lipinski definition) is 3. The molecular formula is C11H19F3N2O2. The molecule has 1 fully saturated rings. The van der Waals surface area contributed by atoms with E-state index in [2.05, 4.69) is 5.32 Å². The summed E-state index contributed by atoms with van der Waals surface area (Å²) in [6.07, 6.45) is -3.33. The Balaban J connectivity index is 2.53. The van der Waals surface area contributed by atoms with Gasteiger partial charge in [-0.15, -0.1) is 0 Å². The molecule has 1 aliphatic rings. The van der Waals surface area contributed by atoms with Crippen LogP contribution in [0.1, 0.15) is 32.1 Å². The van der Waals surface area contributed by atoms with Crippen LogP contribution in [-0.4, -0.2) is 36.4 Å². The lowest BCUT2D eigenvalue weighted by atomic mass is 9.73. The summed E-state index contributed by atoms with van der Waals surface area (Å²) in [7, 11) is 0. The Morgan fingerprint density at radius 2 is 1.89 bits per heavy atom. The van der Waals surface area contributed by atoms with Gasteiger partial charge in [0.15, 0.2) is 6.10 Å². The Morgan fingerprint density at radius 3 is 2.33 bits per heavy atom. The molecule has 1 aliphatic carbocycles. The molecule has 0 aliphatic heterocycles. The van der Waals surface area contributed by atoms with E-state index >= 15 is 0 Å². The molecule has 0 aromatic rings. The summed E-state index contributed by atoms with van der Waals surface area (Å²) in [5.41, 5.74) is 4.83. The van der Waals surface area contributed by atoms with E-state index in [4.69, 9.17) is 10.8 Å². The van der Waals surface area contributed by atoms with Crippen LogP contribution in [0.3, 0.4) is 0 Å². The maximum Gasteiger partial charge on any atom is 0.416 e. The van der Waals surface area contributed by atoms with Crippen LogP contribution in [0.5, 0.6) is 0 Å². The third kappa shape index (κ3) is 3.58. The third-order valence-electron chi connectivity index (χ3n) is 3.52. The second kappa shape index (κ2) is 5.88. The first-order chi connectivity index (χ1) is 8.32. The highest BCUT2D eigenvalue weighted by Crippen LogP contribution is 2.35. The lowest BCUT2D eigenvalue weighted by Crippen LogP contribution is -2.50. The van der Waals surface area contributed by atoms with Crippen molar-refractivity contribution in [2.24, 2.45) is 11.1 Å². The van der Waals surface area contributed by atoms with Crippen LogP contribution in [0.15, 0.2) is 0 Å². The third-order valence-corrected chi connectivity index (χ3v) is 3.52. The molecule has 0 spiro atoms. The number of rotatable bonds is 4. The van der Waals surface area contributed by atoms with Crippen molar-refractivity contribution in [2.75, 3.05) is 13.1 Å². The molecule has 18 heavy (non-hydrogen) atoms. The highest BCUT2D eigenvalue weighted by molar-refractivity contribution is 5.83. The van der Waals surface area contributed by atoms with Crippen LogP contribution in [0.2, 0.25) is 0 Å². The van der Waals surface area contributed by atoms with Crippen molar-refractivity contribution in [3.63, 3.8) is 0 Å². The molecule has 4 nitrogen and oxygen atoms in total. The van der Waals surface area contributed by atoms with Crippen molar-refractivity contribution in [3.05, 3.63) is 0 Å². The number of alkyl halides is 3. The lowest BCUT2D eigenvalue weighted by molar-refractivity contribution is -0.202. The summed E-state index contributed by atoms with van der Waals surface area (Å²) >= 11 is 0. The number of hydrogen-bond donors (Lipinski definition) is 3. The Kier molecular flexibility index (Phi) is 4.98. The van der Waals surface area contributed by atoms with Gasteiger partial charge < -0.3 is 16.2 Å². The van der Waals surface area contributed by atoms with Crippen LogP contribution in [0.4, 0.5) is 13.2 Å². The van der Waals surface area contributed by atoms with E-state index in [0.29, 0.717) is 12.8 Å². The predicted octanol–water partition coefficient (Wildman–Crippen LogP) is 0.935. The van der Waals surface area contributed by atoms with Gasteiger partial charge in [0.1, 0.15) is 0 Å². The molecule has 1 rings (SSSR count). The molecule has 7 heteroatoms. The van der Waals surface area contributed by atoms with E-state index in [1.54, 1.807) is 0 Å². The zero-order chi connectivity index (χ0) is 13.8. The Labute approximate surface area is 104 Å². The first-order valence-electron chi connectivity index (χ1n) is 6.05. The van der Waals surface area contributed by atoms with E-state index in [1.165, 1.54) is 0 Å². The van der Waals surface area contributed by atoms with Gasteiger partial charge in [-0.05, 0) is 12.8 Å². The molecule has 106 valence electrons. The van der Waals surface area contributed by atoms with Crippen molar-refractivity contribution >= 4 is 5.91 Å². The number of nitrogens with two attached hydrogens (primary N) is 1. The minimum atomic E-state index is -4.71. The number of carbonyl (C=O) groups is 1. The minimum Gasteiger partial charge on any atom is -0.382 e. The van der Waals surface area contributed by atoms with Crippen LogP contribution in [0.25, 0.3) is 0 Å². The number of aliphatic hydroxyl groups excluding tert-OH is 1. The quantitative estimate of drug-likeness (QED) is 0.710. The zero-order valence-corrected chi connectivity index (χ0v) is 10.1. The second-order valence-corrected chi connectivity index (χ2v) is 4.81. The fourth-order valence-corrected chi connectivity index (χ4v) is 2.25. The van der Waals surface area contributed by atoms with Crippen LogP contribution >= 0.6 is 0 Å². The maximum absolute atomic E-state index is 12.1. The van der Waals surface area contributed by atoms with Crippen molar-refractivity contribution in [1.82, 2.24) is 5.32 Å². The van der Waals surface area contributed by atoms with Crippen molar-refractivity contribution in [3.8, 4) is 0 Å². The van der Waals surface area contributed by atoms with Crippen LogP contribution < -0.4 is 11.1 Å². The lowest BCUT2D eigenvalue weighted by Gasteiger charge is -2.34. The smallest absolute Gasteiger partial charge is 0.382 e. The molecule has 0 aromatic carbocycles. The van der Waals surface area contributed by atoms with Gasteiger partial charge in [0.05, 0.1) is 12.0 Å². The summed E-state index contributed by atoms with van der Waals surface area (Å²) in [5, 5.41) is 11.0. The SMILES string of the molecule is NCC1(C(=O)NCC(O)C(F)(F)F)CCCCC1. The van der Waals surface area contributed by atoms with Gasteiger partial charge in [0.25, 0.3) is 0 Å². The number of aliphatic hydroxyl groups is 1. The molecule has 1 unspecified atom stereocenters. The van der Waals surface area contributed by atoms with E-state index in [0.717, 1.165) is 19.3 Å². The predicted molar refractivity (Wildman–Crippen MR) is 59.6 cm³/mol. The summed E-state index contributed by atoms with van der Waals surface area (Å²) in [6, 6.07) is 0. The standard InChI is InChI=1S/C11H19F3N2O2/c12-11(13,14)8(17)6-16-9(18)10(7-15)4-2-1-3-5-10/h8,17H,1-7,15H2,(H,16,18). The molecule has 0 bridgehead atoms. The number of amides is 1. The largest absolute Gasteiger partial charge is 0.416 e. The summed E-state index contributed by atoms with van der Waals surface area (Å²) in [4.78, 5) is 11.9. The van der Waals surface area contributed by atoms with Gasteiger partial charge >= 0.3 is 6.18 Å². The fraction of sp³-hybridized carbons (Fsp3) is 0.909. The number of nitrogens with one attached hydrogen (secondary N) is 1. The average Bonchev–Trinajstić information content (AvgIpc) is 2.35. The monoisotopic (exact) mass is 268 g/mol. The number of halogens is 3. The van der Waals surface area contributed by atoms with Crippen LogP contribution in [0, 0.1) is 5.41 Å². The van der Waals surface area contributed by atoms with Gasteiger partial charge in [0.2, 0.25) is 5.91 Å². The topological polar surface area (TPSA) is 75.4 Å². The number of carbonyl (C=O) groups excluding carboxylic acids is 1. The Hall–Kier alpha value is -0.820. The molecule has 1 amide bonds. The van der Waals surface area contributed by atoms with Crippen molar-refractivity contribution in [1.29, 1.82) is 0 Å². The van der Waals surface area contributed by atoms with Gasteiger partial charge in [-0.25, -0.2) is 0 Å². The first-order valence-corrected chi connectivity index (χ1v) is 6.05. The molecule has 1 atom stereocenters.